The average molecular weight is 475 g/mol. The Bertz CT molecular complexity index is 1120. The van der Waals surface area contributed by atoms with E-state index in [-0.39, 0.29) is 34.2 Å². The number of hydrogen-bond donors (Lipinski definition) is 2. The number of aromatic nitrogens is 2. The van der Waals surface area contributed by atoms with Crippen LogP contribution in [-0.2, 0) is 12.6 Å². The third-order valence-corrected chi connectivity index (χ3v) is 4.29. The summed E-state index contributed by atoms with van der Waals surface area (Å²) in [6.07, 6.45) is -7.62. The Labute approximate surface area is 182 Å². The standard InChI is InChI=1S/C20H13ClF6N4O/c21-12-5-13(22)7-14(6-12)28-17(9-15-8-16(18(23)24)31-30-15)29-19(32)10-1-3-11(4-2-10)20(25,26)27/h1-8,18H,9H2,(H,30,31)(H,28,29,32). The third-order valence-electron chi connectivity index (χ3n) is 4.08. The van der Waals surface area contributed by atoms with Crippen LogP contribution in [-0.4, -0.2) is 21.9 Å². The number of amidine groups is 1. The first kappa shape index (κ1) is 23.3. The van der Waals surface area contributed by atoms with Gasteiger partial charge in [0.25, 0.3) is 12.3 Å². The van der Waals surface area contributed by atoms with Gasteiger partial charge in [0.15, 0.2) is 0 Å². The van der Waals surface area contributed by atoms with E-state index in [2.05, 4.69) is 20.5 Å². The van der Waals surface area contributed by atoms with E-state index in [9.17, 15) is 31.1 Å². The van der Waals surface area contributed by atoms with E-state index in [1.54, 1.807) is 0 Å². The number of benzene rings is 2. The van der Waals surface area contributed by atoms with Gasteiger partial charge in [-0.2, -0.15) is 18.3 Å². The third kappa shape index (κ3) is 6.10. The van der Waals surface area contributed by atoms with Crippen molar-refractivity contribution in [2.75, 3.05) is 0 Å². The first-order chi connectivity index (χ1) is 15.0. The van der Waals surface area contributed by atoms with Gasteiger partial charge in [-0.15, -0.1) is 0 Å². The van der Waals surface area contributed by atoms with Crippen LogP contribution in [0.1, 0.15) is 33.7 Å². The first-order valence-electron chi connectivity index (χ1n) is 8.86. The summed E-state index contributed by atoms with van der Waals surface area (Å²) in [5.74, 6) is -1.62. The minimum Gasteiger partial charge on any atom is -0.310 e. The molecule has 5 nitrogen and oxygen atoms in total. The second-order valence-corrected chi connectivity index (χ2v) is 6.95. The van der Waals surface area contributed by atoms with Crippen molar-refractivity contribution in [1.29, 1.82) is 0 Å². The number of nitrogens with zero attached hydrogens (tertiary/aromatic N) is 2. The number of carbonyl (C=O) groups is 1. The number of H-pyrrole nitrogens is 1. The summed E-state index contributed by atoms with van der Waals surface area (Å²) in [7, 11) is 0. The molecule has 1 heterocycles. The molecule has 0 bridgehead atoms. The predicted octanol–water partition coefficient (Wildman–Crippen LogP) is 5.86. The molecule has 3 aromatic rings. The number of amides is 1. The fourth-order valence-corrected chi connectivity index (χ4v) is 2.86. The van der Waals surface area contributed by atoms with E-state index in [1.807, 2.05) is 0 Å². The van der Waals surface area contributed by atoms with Crippen molar-refractivity contribution in [3.63, 3.8) is 0 Å². The van der Waals surface area contributed by atoms with E-state index in [0.29, 0.717) is 0 Å². The van der Waals surface area contributed by atoms with Crippen molar-refractivity contribution in [1.82, 2.24) is 15.5 Å². The zero-order chi connectivity index (χ0) is 23.5. The summed E-state index contributed by atoms with van der Waals surface area (Å²) in [6.45, 7) is 0. The topological polar surface area (TPSA) is 70.1 Å². The molecule has 32 heavy (non-hydrogen) atoms. The summed E-state index contributed by atoms with van der Waals surface area (Å²) >= 11 is 5.80. The largest absolute Gasteiger partial charge is 0.416 e. The predicted molar refractivity (Wildman–Crippen MR) is 105 cm³/mol. The number of alkyl halides is 5. The SMILES string of the molecule is O=C(NC(Cc1cc(C(F)F)n[nH]1)=Nc1cc(F)cc(Cl)c1)c1ccc(C(F)(F)F)cc1. The van der Waals surface area contributed by atoms with Gasteiger partial charge in [-0.25, -0.2) is 18.2 Å². The molecule has 0 saturated carbocycles. The Kier molecular flexibility index (Phi) is 6.87. The lowest BCUT2D eigenvalue weighted by atomic mass is 10.1. The van der Waals surface area contributed by atoms with Gasteiger partial charge in [0, 0.05) is 22.7 Å². The fraction of sp³-hybridized carbons (Fsp3) is 0.150. The summed E-state index contributed by atoms with van der Waals surface area (Å²) in [5.41, 5.74) is -1.39. The number of aliphatic imine (C=N–C) groups is 1. The van der Waals surface area contributed by atoms with Gasteiger partial charge >= 0.3 is 6.18 Å². The lowest BCUT2D eigenvalue weighted by molar-refractivity contribution is -0.137. The maximum atomic E-state index is 13.6. The molecule has 12 heteroatoms. The Morgan fingerprint density at radius 1 is 1.12 bits per heavy atom. The van der Waals surface area contributed by atoms with Crippen LogP contribution in [0.2, 0.25) is 5.02 Å². The molecule has 168 valence electrons. The Morgan fingerprint density at radius 3 is 2.38 bits per heavy atom. The summed E-state index contributed by atoms with van der Waals surface area (Å²) < 4.78 is 77.3. The van der Waals surface area contributed by atoms with Gasteiger partial charge in [-0.1, -0.05) is 11.6 Å². The van der Waals surface area contributed by atoms with Gasteiger partial charge in [-0.3, -0.25) is 9.89 Å². The van der Waals surface area contributed by atoms with Crippen LogP contribution in [0, 0.1) is 5.82 Å². The van der Waals surface area contributed by atoms with Crippen LogP contribution in [0.25, 0.3) is 0 Å². The molecule has 0 unspecified atom stereocenters. The molecule has 0 fully saturated rings. The van der Waals surface area contributed by atoms with E-state index in [1.165, 1.54) is 6.07 Å². The molecule has 1 aromatic heterocycles. The highest BCUT2D eigenvalue weighted by atomic mass is 35.5. The fourth-order valence-electron chi connectivity index (χ4n) is 2.65. The molecule has 0 atom stereocenters. The lowest BCUT2D eigenvalue weighted by Gasteiger charge is -2.10. The van der Waals surface area contributed by atoms with Gasteiger partial charge in [0.1, 0.15) is 17.3 Å². The van der Waals surface area contributed by atoms with Crippen molar-refractivity contribution in [2.45, 2.75) is 19.0 Å². The smallest absolute Gasteiger partial charge is 0.310 e. The molecule has 0 spiro atoms. The monoisotopic (exact) mass is 474 g/mol. The molecule has 3 rings (SSSR count). The van der Waals surface area contributed by atoms with Gasteiger partial charge in [-0.05, 0) is 48.5 Å². The van der Waals surface area contributed by atoms with Crippen molar-refractivity contribution in [3.8, 4) is 0 Å². The number of rotatable bonds is 5. The van der Waals surface area contributed by atoms with Gasteiger partial charge < -0.3 is 5.32 Å². The van der Waals surface area contributed by atoms with E-state index < -0.39 is 35.6 Å². The minimum absolute atomic E-state index is 0.0197. The van der Waals surface area contributed by atoms with Gasteiger partial charge in [0.2, 0.25) is 0 Å². The molecule has 0 aliphatic carbocycles. The van der Waals surface area contributed by atoms with Crippen molar-refractivity contribution >= 4 is 29.0 Å². The highest BCUT2D eigenvalue weighted by Crippen LogP contribution is 2.29. The molecule has 0 radical (unpaired) electrons. The second-order valence-electron chi connectivity index (χ2n) is 6.51. The van der Waals surface area contributed by atoms with Crippen LogP contribution >= 0.6 is 11.6 Å². The van der Waals surface area contributed by atoms with Crippen LogP contribution in [0.4, 0.5) is 32.0 Å². The number of hydrogen-bond acceptors (Lipinski definition) is 3. The molecule has 1 amide bonds. The summed E-state index contributed by atoms with van der Waals surface area (Å²) in [6, 6.07) is 7.83. The van der Waals surface area contributed by atoms with E-state index in [4.69, 9.17) is 11.6 Å². The molecule has 0 aliphatic heterocycles. The quantitative estimate of drug-likeness (QED) is 0.276. The maximum Gasteiger partial charge on any atom is 0.416 e. The Balaban J connectivity index is 1.88. The average Bonchev–Trinajstić information content (AvgIpc) is 3.15. The second kappa shape index (κ2) is 9.43. The first-order valence-corrected chi connectivity index (χ1v) is 9.23. The zero-order valence-electron chi connectivity index (χ0n) is 15.9. The minimum atomic E-state index is -4.57. The van der Waals surface area contributed by atoms with Crippen LogP contribution in [0.3, 0.4) is 0 Å². The Hall–Kier alpha value is -3.34. The number of nitrogens with one attached hydrogen (secondary N) is 2. The van der Waals surface area contributed by atoms with Gasteiger partial charge in [0.05, 0.1) is 11.3 Å². The molecule has 2 aromatic carbocycles. The van der Waals surface area contributed by atoms with Crippen molar-refractivity contribution in [2.24, 2.45) is 4.99 Å². The molecule has 0 saturated heterocycles. The molecular weight excluding hydrogens is 462 g/mol. The van der Waals surface area contributed by atoms with E-state index in [0.717, 1.165) is 42.5 Å². The number of carbonyl (C=O) groups excluding carboxylic acids is 1. The van der Waals surface area contributed by atoms with Crippen molar-refractivity contribution in [3.05, 3.63) is 81.9 Å². The highest BCUT2D eigenvalue weighted by Gasteiger charge is 2.30. The van der Waals surface area contributed by atoms with Crippen molar-refractivity contribution < 1.29 is 31.1 Å². The molecule has 2 N–H and O–H groups in total. The number of halogens is 7. The lowest BCUT2D eigenvalue weighted by Crippen LogP contribution is -2.32. The normalized spacial score (nSPS) is 12.3. The highest BCUT2D eigenvalue weighted by molar-refractivity contribution is 6.30. The zero-order valence-corrected chi connectivity index (χ0v) is 16.6. The summed E-state index contributed by atoms with van der Waals surface area (Å²) in [4.78, 5) is 16.6. The Morgan fingerprint density at radius 2 is 1.81 bits per heavy atom. The van der Waals surface area contributed by atoms with Crippen LogP contribution in [0.15, 0.2) is 53.5 Å². The molecular formula is C20H13ClF6N4O. The van der Waals surface area contributed by atoms with Crippen LogP contribution < -0.4 is 5.32 Å². The van der Waals surface area contributed by atoms with Crippen LogP contribution in [0.5, 0.6) is 0 Å². The number of aromatic amines is 1. The maximum absolute atomic E-state index is 13.6. The molecule has 0 aliphatic rings. The summed E-state index contributed by atoms with van der Waals surface area (Å²) in [5, 5.41) is 8.24. The van der Waals surface area contributed by atoms with E-state index >= 15 is 0 Å².